The average Bonchev–Trinajstić information content (AvgIpc) is 2.92. The van der Waals surface area contributed by atoms with Crippen LogP contribution in [0.2, 0.25) is 10.0 Å². The van der Waals surface area contributed by atoms with Gasteiger partial charge in [0.25, 0.3) is 5.91 Å². The second-order valence-corrected chi connectivity index (χ2v) is 6.81. The molecular formula is C18H20Cl2N2O5. The van der Waals surface area contributed by atoms with Gasteiger partial charge in [0.05, 0.1) is 17.2 Å². The molecule has 1 aromatic carbocycles. The molecule has 0 atom stereocenters. The van der Waals surface area contributed by atoms with Crippen LogP contribution in [-0.4, -0.2) is 45.7 Å². The van der Waals surface area contributed by atoms with Crippen molar-refractivity contribution in [3.8, 4) is 11.6 Å². The van der Waals surface area contributed by atoms with Crippen LogP contribution in [0.5, 0.6) is 11.6 Å². The first-order valence-corrected chi connectivity index (χ1v) is 8.87. The largest absolute Gasteiger partial charge is 0.503 e. The van der Waals surface area contributed by atoms with Crippen LogP contribution in [-0.2, 0) is 22.6 Å². The molecule has 1 amide bonds. The number of nitrogens with zero attached hydrogens (tertiary/aromatic N) is 2. The van der Waals surface area contributed by atoms with E-state index in [1.165, 1.54) is 22.8 Å². The number of carbonyl (C=O) groups excluding carboxylic acids is 2. The molecule has 0 spiro atoms. The summed E-state index contributed by atoms with van der Waals surface area (Å²) in [7, 11) is 2.86. The van der Waals surface area contributed by atoms with E-state index in [0.29, 0.717) is 16.5 Å². The molecule has 0 saturated heterocycles. The Bertz CT molecular complexity index is 851. The molecule has 0 aliphatic rings. The minimum atomic E-state index is -0.501. The van der Waals surface area contributed by atoms with Crippen LogP contribution < -0.4 is 0 Å². The van der Waals surface area contributed by atoms with Crippen LogP contribution in [0.4, 0.5) is 0 Å². The lowest BCUT2D eigenvalue weighted by Gasteiger charge is -2.17. The number of rotatable bonds is 7. The van der Waals surface area contributed by atoms with Gasteiger partial charge in [-0.15, -0.1) is 0 Å². The van der Waals surface area contributed by atoms with Crippen molar-refractivity contribution in [1.82, 2.24) is 9.47 Å². The average molecular weight is 415 g/mol. The first-order chi connectivity index (χ1) is 12.7. The van der Waals surface area contributed by atoms with E-state index in [2.05, 4.69) is 4.74 Å². The summed E-state index contributed by atoms with van der Waals surface area (Å²) < 4.78 is 5.87. The fourth-order valence-corrected chi connectivity index (χ4v) is 2.87. The summed E-state index contributed by atoms with van der Waals surface area (Å²) in [5.74, 6) is -1.77. The van der Waals surface area contributed by atoms with Crippen molar-refractivity contribution >= 4 is 35.1 Å². The summed E-state index contributed by atoms with van der Waals surface area (Å²) >= 11 is 11.9. The number of amides is 1. The maximum absolute atomic E-state index is 12.6. The lowest BCUT2D eigenvalue weighted by Crippen LogP contribution is -2.26. The summed E-state index contributed by atoms with van der Waals surface area (Å²) in [6.07, 6.45) is 1.91. The zero-order chi connectivity index (χ0) is 20.1. The van der Waals surface area contributed by atoms with Crippen molar-refractivity contribution in [2.24, 2.45) is 0 Å². The van der Waals surface area contributed by atoms with Crippen molar-refractivity contribution < 1.29 is 24.5 Å². The number of hydrogen-bond donors (Lipinski definition) is 2. The minimum absolute atomic E-state index is 0.0341. The van der Waals surface area contributed by atoms with Crippen molar-refractivity contribution in [2.75, 3.05) is 14.2 Å². The molecule has 146 valence electrons. The first kappa shape index (κ1) is 20.9. The van der Waals surface area contributed by atoms with Gasteiger partial charge >= 0.3 is 5.97 Å². The Labute approximate surface area is 166 Å². The standard InChI is InChI=1S/C18H20Cl2N2O5/c1-21(9-11-5-6-13(19)14(20)8-11)17(25)12-10-22(18(26)16(12)24)7-3-4-15(23)27-2/h5-6,8,10,24,26H,3-4,7,9H2,1-2H3. The number of aromatic hydroxyl groups is 2. The predicted octanol–water partition coefficient (Wildman–Crippen LogP) is 3.43. The van der Waals surface area contributed by atoms with Crippen LogP contribution in [0, 0.1) is 0 Å². The zero-order valence-corrected chi connectivity index (χ0v) is 16.4. The molecule has 0 unspecified atom stereocenters. The Morgan fingerprint density at radius 3 is 2.56 bits per heavy atom. The number of ether oxygens (including phenoxy) is 1. The van der Waals surface area contributed by atoms with Crippen molar-refractivity contribution in [3.63, 3.8) is 0 Å². The van der Waals surface area contributed by atoms with Crippen LogP contribution in [0.3, 0.4) is 0 Å². The molecule has 1 aromatic heterocycles. The molecular weight excluding hydrogens is 395 g/mol. The molecule has 0 aliphatic heterocycles. The number of hydrogen-bond acceptors (Lipinski definition) is 5. The highest BCUT2D eigenvalue weighted by molar-refractivity contribution is 6.42. The molecule has 0 aliphatic carbocycles. The molecule has 7 nitrogen and oxygen atoms in total. The molecule has 2 rings (SSSR count). The molecule has 0 fully saturated rings. The third-order valence-electron chi connectivity index (χ3n) is 4.01. The van der Waals surface area contributed by atoms with Gasteiger partial charge in [0.1, 0.15) is 5.56 Å². The summed E-state index contributed by atoms with van der Waals surface area (Å²) in [5, 5.41) is 20.9. The number of carbonyl (C=O) groups is 2. The summed E-state index contributed by atoms with van der Waals surface area (Å²) in [5.41, 5.74) is 0.731. The molecule has 0 saturated carbocycles. The van der Waals surface area contributed by atoms with Crippen LogP contribution in [0.1, 0.15) is 28.8 Å². The van der Waals surface area contributed by atoms with Crippen molar-refractivity contribution in [3.05, 3.63) is 45.6 Å². The highest BCUT2D eigenvalue weighted by atomic mass is 35.5. The van der Waals surface area contributed by atoms with Gasteiger partial charge < -0.3 is 24.4 Å². The molecule has 1 heterocycles. The maximum atomic E-state index is 12.6. The Balaban J connectivity index is 2.09. The van der Waals surface area contributed by atoms with Gasteiger partial charge in [-0.25, -0.2) is 0 Å². The maximum Gasteiger partial charge on any atom is 0.305 e. The topological polar surface area (TPSA) is 92.0 Å². The lowest BCUT2D eigenvalue weighted by molar-refractivity contribution is -0.140. The SMILES string of the molecule is COC(=O)CCCn1cc(C(=O)N(C)Cc2ccc(Cl)c(Cl)c2)c(O)c1O. The third kappa shape index (κ3) is 5.08. The summed E-state index contributed by atoms with van der Waals surface area (Å²) in [6.45, 7) is 0.488. The molecule has 27 heavy (non-hydrogen) atoms. The van der Waals surface area contributed by atoms with Gasteiger partial charge in [0.15, 0.2) is 5.75 Å². The molecule has 9 heteroatoms. The number of aryl methyl sites for hydroxylation is 1. The fraction of sp³-hybridized carbons (Fsp3) is 0.333. The van der Waals surface area contributed by atoms with E-state index in [0.717, 1.165) is 5.56 Å². The monoisotopic (exact) mass is 414 g/mol. The Hall–Kier alpha value is -2.38. The van der Waals surface area contributed by atoms with E-state index in [9.17, 15) is 19.8 Å². The molecule has 2 aromatic rings. The fourth-order valence-electron chi connectivity index (χ4n) is 2.55. The Morgan fingerprint density at radius 2 is 1.93 bits per heavy atom. The van der Waals surface area contributed by atoms with Gasteiger partial charge in [-0.1, -0.05) is 29.3 Å². The van der Waals surface area contributed by atoms with Gasteiger partial charge in [0, 0.05) is 32.8 Å². The van der Waals surface area contributed by atoms with Crippen molar-refractivity contribution in [2.45, 2.75) is 25.9 Å². The normalized spacial score (nSPS) is 10.7. The van der Waals surface area contributed by atoms with Crippen LogP contribution in [0.25, 0.3) is 0 Å². The second-order valence-electron chi connectivity index (χ2n) is 6.00. The minimum Gasteiger partial charge on any atom is -0.503 e. The number of aromatic nitrogens is 1. The lowest BCUT2D eigenvalue weighted by atomic mass is 10.2. The number of methoxy groups -OCH3 is 1. The van der Waals surface area contributed by atoms with E-state index >= 15 is 0 Å². The summed E-state index contributed by atoms with van der Waals surface area (Å²) in [4.78, 5) is 25.2. The molecule has 0 bridgehead atoms. The quantitative estimate of drug-likeness (QED) is 0.676. The van der Waals surface area contributed by atoms with E-state index in [1.54, 1.807) is 25.2 Å². The van der Waals surface area contributed by atoms with E-state index in [4.69, 9.17) is 23.2 Å². The molecule has 2 N–H and O–H groups in total. The van der Waals surface area contributed by atoms with Gasteiger partial charge in [-0.2, -0.15) is 0 Å². The molecule has 0 radical (unpaired) electrons. The predicted molar refractivity (Wildman–Crippen MR) is 101 cm³/mol. The van der Waals surface area contributed by atoms with Gasteiger partial charge in [0.2, 0.25) is 5.88 Å². The van der Waals surface area contributed by atoms with E-state index < -0.39 is 17.5 Å². The summed E-state index contributed by atoms with van der Waals surface area (Å²) in [6, 6.07) is 5.04. The Kier molecular flexibility index (Phi) is 6.98. The first-order valence-electron chi connectivity index (χ1n) is 8.11. The highest BCUT2D eigenvalue weighted by Crippen LogP contribution is 2.32. The number of benzene rings is 1. The van der Waals surface area contributed by atoms with Crippen LogP contribution >= 0.6 is 23.2 Å². The van der Waals surface area contributed by atoms with E-state index in [1.807, 2.05) is 0 Å². The van der Waals surface area contributed by atoms with Crippen molar-refractivity contribution in [1.29, 1.82) is 0 Å². The Morgan fingerprint density at radius 1 is 1.22 bits per heavy atom. The van der Waals surface area contributed by atoms with Crippen LogP contribution in [0.15, 0.2) is 24.4 Å². The van der Waals surface area contributed by atoms with Gasteiger partial charge in [-0.3, -0.25) is 9.59 Å². The van der Waals surface area contributed by atoms with Gasteiger partial charge in [-0.05, 0) is 24.1 Å². The third-order valence-corrected chi connectivity index (χ3v) is 4.75. The number of halogens is 2. The smallest absolute Gasteiger partial charge is 0.305 e. The highest BCUT2D eigenvalue weighted by Gasteiger charge is 2.23. The number of esters is 1. The van der Waals surface area contributed by atoms with E-state index in [-0.39, 0.29) is 31.0 Å². The zero-order valence-electron chi connectivity index (χ0n) is 14.9. The second kappa shape index (κ2) is 9.01.